The molecular formula is C31H45NO6. The number of carbonyl (C=O) groups excluding carboxylic acids is 2. The molecule has 2 aromatic carbocycles. The molecule has 0 aliphatic heterocycles. The highest BCUT2D eigenvalue weighted by atomic mass is 16.6. The van der Waals surface area contributed by atoms with Crippen LogP contribution in [-0.2, 0) is 27.2 Å². The Labute approximate surface area is 228 Å². The number of amides is 1. The van der Waals surface area contributed by atoms with Gasteiger partial charge in [-0.2, -0.15) is 0 Å². The van der Waals surface area contributed by atoms with Crippen molar-refractivity contribution in [2.75, 3.05) is 27.4 Å². The molecule has 0 bridgehead atoms. The lowest BCUT2D eigenvalue weighted by Crippen LogP contribution is -2.45. The van der Waals surface area contributed by atoms with Gasteiger partial charge in [-0.25, -0.2) is 4.79 Å². The highest BCUT2D eigenvalue weighted by molar-refractivity contribution is 5.73. The van der Waals surface area contributed by atoms with E-state index in [1.54, 1.807) is 19.1 Å². The standard InChI is InChI=1S/C31H45NO6/c1-23(2)26(18-25-14-15-28(36-7)29(19-25)37-17-11-16-35-6)20-27(22-33)32(30(34)38-31(3,4)5)21-24-12-9-8-10-13-24/h8-10,12-15,19,22-23,26-27H,11,16-18,20-21H2,1-7H3/t26-,27-/m0/s1. The van der Waals surface area contributed by atoms with E-state index >= 15 is 0 Å². The van der Waals surface area contributed by atoms with Crippen molar-refractivity contribution in [3.63, 3.8) is 0 Å². The molecule has 0 aliphatic carbocycles. The van der Waals surface area contributed by atoms with Crippen LogP contribution in [0.2, 0.25) is 0 Å². The van der Waals surface area contributed by atoms with E-state index in [4.69, 9.17) is 18.9 Å². The van der Waals surface area contributed by atoms with E-state index in [0.717, 1.165) is 30.3 Å². The largest absolute Gasteiger partial charge is 0.493 e. The van der Waals surface area contributed by atoms with Gasteiger partial charge in [0.1, 0.15) is 11.9 Å². The first-order valence-electron chi connectivity index (χ1n) is 13.4. The molecule has 0 aromatic heterocycles. The molecule has 2 aromatic rings. The van der Waals surface area contributed by atoms with E-state index in [-0.39, 0.29) is 11.8 Å². The summed E-state index contributed by atoms with van der Waals surface area (Å²) >= 11 is 0. The molecule has 210 valence electrons. The van der Waals surface area contributed by atoms with Crippen LogP contribution >= 0.6 is 0 Å². The summed E-state index contributed by atoms with van der Waals surface area (Å²) in [5.41, 5.74) is 1.36. The molecule has 0 unspecified atom stereocenters. The van der Waals surface area contributed by atoms with Crippen LogP contribution in [0.3, 0.4) is 0 Å². The van der Waals surface area contributed by atoms with Crippen molar-refractivity contribution >= 4 is 12.4 Å². The van der Waals surface area contributed by atoms with E-state index in [1.807, 2.05) is 69.3 Å². The van der Waals surface area contributed by atoms with Crippen molar-refractivity contribution in [3.05, 3.63) is 59.7 Å². The van der Waals surface area contributed by atoms with E-state index in [9.17, 15) is 9.59 Å². The fourth-order valence-corrected chi connectivity index (χ4v) is 4.22. The van der Waals surface area contributed by atoms with Gasteiger partial charge >= 0.3 is 6.09 Å². The smallest absolute Gasteiger partial charge is 0.411 e. The van der Waals surface area contributed by atoms with Gasteiger partial charge in [-0.3, -0.25) is 4.90 Å². The molecule has 0 aliphatic rings. The maximum Gasteiger partial charge on any atom is 0.411 e. The number of rotatable bonds is 15. The first-order valence-corrected chi connectivity index (χ1v) is 13.4. The predicted molar refractivity (Wildman–Crippen MR) is 150 cm³/mol. The summed E-state index contributed by atoms with van der Waals surface area (Å²) in [5, 5.41) is 0. The van der Waals surface area contributed by atoms with Crippen LogP contribution in [0.1, 0.15) is 58.6 Å². The molecule has 0 saturated heterocycles. The predicted octanol–water partition coefficient (Wildman–Crippen LogP) is 6.32. The third-order valence-electron chi connectivity index (χ3n) is 6.34. The Bertz CT molecular complexity index is 986. The number of hydrogen-bond acceptors (Lipinski definition) is 6. The van der Waals surface area contributed by atoms with Gasteiger partial charge in [-0.15, -0.1) is 0 Å². The molecule has 7 heteroatoms. The summed E-state index contributed by atoms with van der Waals surface area (Å²) in [6, 6.07) is 15.0. The van der Waals surface area contributed by atoms with E-state index < -0.39 is 17.7 Å². The summed E-state index contributed by atoms with van der Waals surface area (Å²) in [4.78, 5) is 27.2. The zero-order valence-corrected chi connectivity index (χ0v) is 24.1. The van der Waals surface area contributed by atoms with Gasteiger partial charge in [0.25, 0.3) is 0 Å². The number of methoxy groups -OCH3 is 2. The van der Waals surface area contributed by atoms with Crippen molar-refractivity contribution in [1.29, 1.82) is 0 Å². The van der Waals surface area contributed by atoms with Gasteiger partial charge in [-0.1, -0.05) is 50.2 Å². The molecule has 0 N–H and O–H groups in total. The Morgan fingerprint density at radius 1 is 0.974 bits per heavy atom. The molecule has 0 spiro atoms. The van der Waals surface area contributed by atoms with Crippen molar-refractivity contribution < 1.29 is 28.5 Å². The third-order valence-corrected chi connectivity index (χ3v) is 6.34. The zero-order valence-electron chi connectivity index (χ0n) is 24.1. The molecule has 1 amide bonds. The normalized spacial score (nSPS) is 13.1. The van der Waals surface area contributed by atoms with Gasteiger partial charge in [0.15, 0.2) is 11.5 Å². The van der Waals surface area contributed by atoms with Crippen LogP contribution in [0.15, 0.2) is 48.5 Å². The molecule has 2 atom stereocenters. The third kappa shape index (κ3) is 10.4. The molecule has 0 fully saturated rings. The van der Waals surface area contributed by atoms with Crippen LogP contribution in [0.4, 0.5) is 4.79 Å². The fraction of sp³-hybridized carbons (Fsp3) is 0.548. The van der Waals surface area contributed by atoms with Gasteiger partial charge < -0.3 is 23.7 Å². The minimum atomic E-state index is -0.667. The number of benzene rings is 2. The average molecular weight is 528 g/mol. The second kappa shape index (κ2) is 15.4. The van der Waals surface area contributed by atoms with E-state index in [0.29, 0.717) is 37.7 Å². The Kier molecular flexibility index (Phi) is 12.6. The molecule has 7 nitrogen and oxygen atoms in total. The summed E-state index contributed by atoms with van der Waals surface area (Å²) in [6.45, 7) is 11.2. The molecule has 0 heterocycles. The minimum absolute atomic E-state index is 0.139. The highest BCUT2D eigenvalue weighted by Gasteiger charge is 2.31. The number of nitrogens with zero attached hydrogens (tertiary/aromatic N) is 1. The number of aldehydes is 1. The molecule has 0 saturated carbocycles. The Hall–Kier alpha value is -3.06. The molecular weight excluding hydrogens is 482 g/mol. The highest BCUT2D eigenvalue weighted by Crippen LogP contribution is 2.32. The lowest BCUT2D eigenvalue weighted by atomic mass is 9.84. The van der Waals surface area contributed by atoms with Crippen LogP contribution in [0.25, 0.3) is 0 Å². The average Bonchev–Trinajstić information content (AvgIpc) is 2.87. The van der Waals surface area contributed by atoms with Crippen LogP contribution < -0.4 is 9.47 Å². The van der Waals surface area contributed by atoms with Crippen LogP contribution in [0, 0.1) is 11.8 Å². The summed E-state index contributed by atoms with van der Waals surface area (Å²) < 4.78 is 22.3. The number of ether oxygens (including phenoxy) is 4. The van der Waals surface area contributed by atoms with Crippen molar-refractivity contribution in [2.45, 2.75) is 72.1 Å². The zero-order chi connectivity index (χ0) is 28.1. The fourth-order valence-electron chi connectivity index (χ4n) is 4.22. The van der Waals surface area contributed by atoms with Gasteiger partial charge in [0.2, 0.25) is 0 Å². The van der Waals surface area contributed by atoms with Crippen molar-refractivity contribution in [2.24, 2.45) is 11.8 Å². The molecule has 2 rings (SSSR count). The quantitative estimate of drug-likeness (QED) is 0.199. The van der Waals surface area contributed by atoms with E-state index in [1.165, 1.54) is 0 Å². The Balaban J connectivity index is 2.26. The van der Waals surface area contributed by atoms with E-state index in [2.05, 4.69) is 13.8 Å². The Morgan fingerprint density at radius 2 is 1.68 bits per heavy atom. The lowest BCUT2D eigenvalue weighted by Gasteiger charge is -2.34. The second-order valence-electron chi connectivity index (χ2n) is 10.9. The Morgan fingerprint density at radius 3 is 2.26 bits per heavy atom. The summed E-state index contributed by atoms with van der Waals surface area (Å²) in [7, 11) is 3.30. The van der Waals surface area contributed by atoms with Crippen LogP contribution in [-0.4, -0.2) is 56.4 Å². The number of carbonyl (C=O) groups is 2. The maximum atomic E-state index is 13.2. The molecule has 0 radical (unpaired) electrons. The lowest BCUT2D eigenvalue weighted by molar-refractivity contribution is -0.113. The van der Waals surface area contributed by atoms with Crippen molar-refractivity contribution in [1.82, 2.24) is 4.90 Å². The SMILES string of the molecule is COCCCOc1cc(C[C@@H](C[C@@H](C=O)N(Cc2ccccc2)C(=O)OC(C)(C)C)C(C)C)ccc1OC. The maximum absolute atomic E-state index is 13.2. The first kappa shape index (κ1) is 31.2. The molecule has 38 heavy (non-hydrogen) atoms. The van der Waals surface area contributed by atoms with Crippen molar-refractivity contribution in [3.8, 4) is 11.5 Å². The van der Waals surface area contributed by atoms with Crippen LogP contribution in [0.5, 0.6) is 11.5 Å². The van der Waals surface area contributed by atoms with Gasteiger partial charge in [-0.05, 0) is 68.7 Å². The monoisotopic (exact) mass is 527 g/mol. The first-order chi connectivity index (χ1) is 18.1. The summed E-state index contributed by atoms with van der Waals surface area (Å²) in [6.07, 6.45) is 2.41. The second-order valence-corrected chi connectivity index (χ2v) is 10.9. The van der Waals surface area contributed by atoms with Gasteiger partial charge in [0, 0.05) is 26.7 Å². The summed E-state index contributed by atoms with van der Waals surface area (Å²) in [5.74, 6) is 1.79. The number of hydrogen-bond donors (Lipinski definition) is 0. The topological polar surface area (TPSA) is 74.3 Å². The minimum Gasteiger partial charge on any atom is -0.493 e. The van der Waals surface area contributed by atoms with Gasteiger partial charge in [0.05, 0.1) is 19.8 Å².